The minimum Gasteiger partial charge on any atom is -0.481 e. The van der Waals surface area contributed by atoms with Crippen LogP contribution in [0.15, 0.2) is 0 Å². The molecule has 0 heterocycles. The number of nitrogens with two attached hydrogens (primary N) is 2. The molecular weight excluding hydrogens is 276 g/mol. The molecule has 10 nitrogen and oxygen atoms in total. The monoisotopic (exact) mass is 294 g/mol. The van der Waals surface area contributed by atoms with E-state index >= 15 is 0 Å². The molecule has 0 aromatic heterocycles. The minimum absolute atomic E-state index is 0.0231. The molecule has 0 fully saturated rings. The first-order chi connectivity index (χ1) is 9.07. The van der Waals surface area contributed by atoms with Crippen LogP contribution >= 0.6 is 0 Å². The standard InChI is InChI=1S/2C5H9NO4/c2*6-3(5(9)10)1-2-4(7)8/h2*3H,1-2,6H2,(H,7,8)(H,9,10)/t2*3-/m11/s1. The van der Waals surface area contributed by atoms with Crippen LogP contribution in [-0.4, -0.2) is 56.4 Å². The Bertz CT molecular complexity index is 323. The van der Waals surface area contributed by atoms with Gasteiger partial charge < -0.3 is 31.9 Å². The van der Waals surface area contributed by atoms with Gasteiger partial charge in [-0.15, -0.1) is 0 Å². The molecule has 0 aromatic carbocycles. The molecule has 0 aliphatic heterocycles. The lowest BCUT2D eigenvalue weighted by Gasteiger charge is -2.01. The lowest BCUT2D eigenvalue weighted by molar-refractivity contribution is -0.141. The maximum atomic E-state index is 9.99. The molecule has 8 N–H and O–H groups in total. The molecular formula is C10H18N2O8. The molecule has 0 aliphatic rings. The van der Waals surface area contributed by atoms with E-state index in [1.807, 2.05) is 0 Å². The minimum atomic E-state index is -1.17. The maximum absolute atomic E-state index is 9.99. The SMILES string of the molecule is N[C@H](CCC(=O)O)C(=O)O.N[C@H](CCC(=O)O)C(=O)O. The number of hydrogen-bond acceptors (Lipinski definition) is 6. The van der Waals surface area contributed by atoms with Gasteiger partial charge in [0.15, 0.2) is 0 Å². The number of carboxylic acid groups (broad SMARTS) is 4. The van der Waals surface area contributed by atoms with E-state index < -0.39 is 36.0 Å². The quantitative estimate of drug-likeness (QED) is 0.306. The fraction of sp³-hybridized carbons (Fsp3) is 0.600. The zero-order valence-corrected chi connectivity index (χ0v) is 10.6. The Morgan fingerprint density at radius 2 is 0.950 bits per heavy atom. The van der Waals surface area contributed by atoms with Crippen molar-refractivity contribution in [3.8, 4) is 0 Å². The smallest absolute Gasteiger partial charge is 0.320 e. The molecule has 20 heavy (non-hydrogen) atoms. The lowest BCUT2D eigenvalue weighted by Crippen LogP contribution is -2.30. The Morgan fingerprint density at radius 1 is 0.700 bits per heavy atom. The summed E-state index contributed by atoms with van der Waals surface area (Å²) < 4.78 is 0. The summed E-state index contributed by atoms with van der Waals surface area (Å²) in [5, 5.41) is 32.5. The summed E-state index contributed by atoms with van der Waals surface area (Å²) in [5.41, 5.74) is 10.0. The summed E-state index contributed by atoms with van der Waals surface area (Å²) in [6.45, 7) is 0. The molecule has 10 heteroatoms. The second-order valence-corrected chi connectivity index (χ2v) is 3.75. The first-order valence-electron chi connectivity index (χ1n) is 5.48. The normalized spacial score (nSPS) is 12.5. The molecule has 0 saturated heterocycles. The Labute approximate surface area is 114 Å². The summed E-state index contributed by atoms with van der Waals surface area (Å²) in [4.78, 5) is 39.7. The van der Waals surface area contributed by atoms with Crippen LogP contribution in [-0.2, 0) is 19.2 Å². The van der Waals surface area contributed by atoms with Gasteiger partial charge in [-0.05, 0) is 12.8 Å². The van der Waals surface area contributed by atoms with E-state index in [4.69, 9.17) is 31.9 Å². The molecule has 0 aliphatic carbocycles. The van der Waals surface area contributed by atoms with Crippen molar-refractivity contribution in [2.24, 2.45) is 11.5 Å². The largest absolute Gasteiger partial charge is 0.481 e. The van der Waals surface area contributed by atoms with Crippen LogP contribution < -0.4 is 11.5 Å². The van der Waals surface area contributed by atoms with Crippen molar-refractivity contribution in [1.29, 1.82) is 0 Å². The van der Waals surface area contributed by atoms with Crippen LogP contribution in [0.25, 0.3) is 0 Å². The number of aliphatic carboxylic acids is 4. The summed E-state index contributed by atoms with van der Waals surface area (Å²) in [6.07, 6.45) is -0.448. The van der Waals surface area contributed by atoms with Gasteiger partial charge in [-0.25, -0.2) is 0 Å². The van der Waals surface area contributed by atoms with Gasteiger partial charge in [0.1, 0.15) is 12.1 Å². The average molecular weight is 294 g/mol. The highest BCUT2D eigenvalue weighted by Gasteiger charge is 2.12. The second kappa shape index (κ2) is 10.7. The van der Waals surface area contributed by atoms with Crippen molar-refractivity contribution in [2.45, 2.75) is 37.8 Å². The van der Waals surface area contributed by atoms with E-state index in [2.05, 4.69) is 0 Å². The predicted molar refractivity (Wildman–Crippen MR) is 65.0 cm³/mol. The highest BCUT2D eigenvalue weighted by molar-refractivity contribution is 5.75. The van der Waals surface area contributed by atoms with Crippen molar-refractivity contribution >= 4 is 23.9 Å². The first-order valence-corrected chi connectivity index (χ1v) is 5.48. The Kier molecular flexibility index (Phi) is 10.8. The van der Waals surface area contributed by atoms with Crippen molar-refractivity contribution in [2.75, 3.05) is 0 Å². The van der Waals surface area contributed by atoms with Crippen molar-refractivity contribution in [3.05, 3.63) is 0 Å². The number of carboxylic acids is 4. The fourth-order valence-corrected chi connectivity index (χ4v) is 0.805. The Balaban J connectivity index is 0. The molecule has 0 rings (SSSR count). The third-order valence-electron chi connectivity index (χ3n) is 1.97. The van der Waals surface area contributed by atoms with Crippen LogP contribution in [0.4, 0.5) is 0 Å². The molecule has 0 unspecified atom stereocenters. The van der Waals surface area contributed by atoms with E-state index in [0.29, 0.717) is 0 Å². The molecule has 0 amide bonds. The van der Waals surface area contributed by atoms with Crippen LogP contribution in [0.1, 0.15) is 25.7 Å². The van der Waals surface area contributed by atoms with Crippen LogP contribution in [0.2, 0.25) is 0 Å². The molecule has 2 atom stereocenters. The highest BCUT2D eigenvalue weighted by Crippen LogP contribution is 1.94. The van der Waals surface area contributed by atoms with Crippen molar-refractivity contribution < 1.29 is 39.6 Å². The van der Waals surface area contributed by atoms with Gasteiger partial charge in [-0.2, -0.15) is 0 Å². The molecule has 0 aromatic rings. The number of carbonyl (C=O) groups is 4. The van der Waals surface area contributed by atoms with Gasteiger partial charge in [0.25, 0.3) is 0 Å². The lowest BCUT2D eigenvalue weighted by atomic mass is 10.2. The van der Waals surface area contributed by atoms with Gasteiger partial charge in [0, 0.05) is 12.8 Å². The topological polar surface area (TPSA) is 201 Å². The fourth-order valence-electron chi connectivity index (χ4n) is 0.805. The molecule has 0 saturated carbocycles. The third-order valence-corrected chi connectivity index (χ3v) is 1.97. The van der Waals surface area contributed by atoms with E-state index in [9.17, 15) is 19.2 Å². The van der Waals surface area contributed by atoms with Crippen LogP contribution in [0.5, 0.6) is 0 Å². The van der Waals surface area contributed by atoms with Crippen LogP contribution in [0, 0.1) is 0 Å². The molecule has 116 valence electrons. The van der Waals surface area contributed by atoms with Gasteiger partial charge in [0.05, 0.1) is 0 Å². The third kappa shape index (κ3) is 13.9. The van der Waals surface area contributed by atoms with E-state index in [1.165, 1.54) is 0 Å². The molecule has 0 spiro atoms. The van der Waals surface area contributed by atoms with Crippen LogP contribution in [0.3, 0.4) is 0 Å². The summed E-state index contributed by atoms with van der Waals surface area (Å²) >= 11 is 0. The van der Waals surface area contributed by atoms with E-state index in [-0.39, 0.29) is 25.7 Å². The Morgan fingerprint density at radius 3 is 1.10 bits per heavy atom. The summed E-state index contributed by atoms with van der Waals surface area (Å²) in [5.74, 6) is -4.39. The second-order valence-electron chi connectivity index (χ2n) is 3.75. The number of rotatable bonds is 8. The van der Waals surface area contributed by atoms with E-state index in [1.54, 1.807) is 0 Å². The zero-order valence-electron chi connectivity index (χ0n) is 10.6. The highest BCUT2D eigenvalue weighted by atomic mass is 16.4. The average Bonchev–Trinajstić information content (AvgIpc) is 2.33. The first kappa shape index (κ1) is 20.1. The molecule has 0 radical (unpaired) electrons. The summed E-state index contributed by atoms with van der Waals surface area (Å²) in [7, 11) is 0. The van der Waals surface area contributed by atoms with E-state index in [0.717, 1.165) is 0 Å². The van der Waals surface area contributed by atoms with Gasteiger partial charge in [0.2, 0.25) is 0 Å². The van der Waals surface area contributed by atoms with Crippen molar-refractivity contribution in [3.63, 3.8) is 0 Å². The van der Waals surface area contributed by atoms with Crippen molar-refractivity contribution in [1.82, 2.24) is 0 Å². The number of hydrogen-bond donors (Lipinski definition) is 6. The van der Waals surface area contributed by atoms with Gasteiger partial charge in [-0.1, -0.05) is 0 Å². The zero-order chi connectivity index (χ0) is 16.3. The predicted octanol–water partition coefficient (Wildman–Crippen LogP) is -1.47. The van der Waals surface area contributed by atoms with Gasteiger partial charge >= 0.3 is 23.9 Å². The summed E-state index contributed by atoms with van der Waals surface area (Å²) in [6, 6.07) is -2.12. The Hall–Kier alpha value is -2.20. The maximum Gasteiger partial charge on any atom is 0.320 e. The van der Waals surface area contributed by atoms with Gasteiger partial charge in [-0.3, -0.25) is 19.2 Å². The molecule has 0 bridgehead atoms.